The van der Waals surface area contributed by atoms with Crippen LogP contribution in [0.25, 0.3) is 0 Å². The molecule has 3 nitrogen and oxygen atoms in total. The Morgan fingerprint density at radius 3 is 1.83 bits per heavy atom. The van der Waals surface area contributed by atoms with Crippen molar-refractivity contribution in [3.05, 3.63) is 0 Å². The SMILES string of the molecule is O=S1[C@@H]2CCCC[C@@H](C2O)S1=O. The quantitative estimate of drug-likeness (QED) is 0.574. The molecule has 1 aliphatic heterocycles. The fraction of sp³-hybridized carbons (Fsp3) is 1.00. The van der Waals surface area contributed by atoms with Gasteiger partial charge in [-0.3, -0.25) is 0 Å². The summed E-state index contributed by atoms with van der Waals surface area (Å²) in [5, 5.41) is 9.22. The van der Waals surface area contributed by atoms with Gasteiger partial charge in [0, 0.05) is 0 Å². The molecule has 1 aliphatic carbocycles. The fourth-order valence-electron chi connectivity index (χ4n) is 1.94. The third-order valence-electron chi connectivity index (χ3n) is 2.65. The number of hydrogen-bond acceptors (Lipinski definition) is 3. The Hall–Kier alpha value is 0.260. The molecule has 2 fully saturated rings. The zero-order valence-corrected chi connectivity index (χ0v) is 8.27. The molecule has 2 aliphatic rings. The number of aliphatic hydroxyl groups is 1. The fourth-order valence-corrected chi connectivity index (χ4v) is 6.80. The summed E-state index contributed by atoms with van der Waals surface area (Å²) in [5.74, 6) is 0. The van der Waals surface area contributed by atoms with Crippen molar-refractivity contribution < 1.29 is 13.5 Å². The Kier molecular flexibility index (Phi) is 2.35. The van der Waals surface area contributed by atoms with Crippen molar-refractivity contribution in [2.75, 3.05) is 0 Å². The van der Waals surface area contributed by atoms with Crippen molar-refractivity contribution in [2.24, 2.45) is 0 Å². The van der Waals surface area contributed by atoms with E-state index in [1.54, 1.807) is 0 Å². The van der Waals surface area contributed by atoms with E-state index < -0.39 is 25.8 Å². The molecule has 0 spiro atoms. The molecule has 70 valence electrons. The Balaban J connectivity index is 2.31. The third-order valence-corrected chi connectivity index (χ3v) is 7.44. The van der Waals surface area contributed by atoms with E-state index in [1.165, 1.54) is 0 Å². The molecule has 0 aromatic heterocycles. The maximum atomic E-state index is 11.4. The van der Waals surface area contributed by atoms with Gasteiger partial charge in [-0.2, -0.15) is 0 Å². The third kappa shape index (κ3) is 1.18. The maximum Gasteiger partial charge on any atom is 0.117 e. The Morgan fingerprint density at radius 2 is 1.42 bits per heavy atom. The van der Waals surface area contributed by atoms with Gasteiger partial charge in [0.25, 0.3) is 0 Å². The van der Waals surface area contributed by atoms with E-state index in [1.807, 2.05) is 0 Å². The van der Waals surface area contributed by atoms with E-state index in [9.17, 15) is 13.5 Å². The van der Waals surface area contributed by atoms with Gasteiger partial charge >= 0.3 is 0 Å². The summed E-state index contributed by atoms with van der Waals surface area (Å²) < 4.78 is 22.8. The molecule has 0 radical (unpaired) electrons. The average molecular weight is 208 g/mol. The number of rotatable bonds is 0. The second-order valence-electron chi connectivity index (χ2n) is 3.37. The van der Waals surface area contributed by atoms with Crippen molar-refractivity contribution in [1.29, 1.82) is 0 Å². The molecule has 1 saturated carbocycles. The highest BCUT2D eigenvalue weighted by atomic mass is 33.1. The molecule has 5 heteroatoms. The van der Waals surface area contributed by atoms with E-state index in [4.69, 9.17) is 0 Å². The highest BCUT2D eigenvalue weighted by Gasteiger charge is 2.47. The van der Waals surface area contributed by atoms with Gasteiger partial charge in [0.2, 0.25) is 0 Å². The monoisotopic (exact) mass is 208 g/mol. The van der Waals surface area contributed by atoms with Gasteiger partial charge in [-0.1, -0.05) is 12.8 Å². The summed E-state index contributed by atoms with van der Waals surface area (Å²) >= 11 is 0. The molecule has 0 amide bonds. The first-order valence-corrected chi connectivity index (χ1v) is 7.16. The van der Waals surface area contributed by atoms with Crippen LogP contribution in [0.2, 0.25) is 0 Å². The van der Waals surface area contributed by atoms with Gasteiger partial charge < -0.3 is 5.11 Å². The minimum absolute atomic E-state index is 0.210. The zero-order chi connectivity index (χ0) is 8.72. The van der Waals surface area contributed by atoms with E-state index in [0.29, 0.717) is 0 Å². The van der Waals surface area contributed by atoms with Crippen LogP contribution in [0.3, 0.4) is 0 Å². The molecule has 1 heterocycles. The zero-order valence-electron chi connectivity index (χ0n) is 6.64. The van der Waals surface area contributed by atoms with Crippen LogP contribution in [0.5, 0.6) is 0 Å². The highest BCUT2D eigenvalue weighted by molar-refractivity contribution is 8.62. The first-order valence-electron chi connectivity index (χ1n) is 4.21. The van der Waals surface area contributed by atoms with Crippen LogP contribution in [0.1, 0.15) is 25.7 Å². The molecular formula is C7H12O3S2. The molecular weight excluding hydrogens is 196 g/mol. The number of hydrogen-bond donors (Lipinski definition) is 1. The summed E-state index contributed by atoms with van der Waals surface area (Å²) in [6.45, 7) is 0. The van der Waals surface area contributed by atoms with Crippen molar-refractivity contribution in [3.8, 4) is 0 Å². The van der Waals surface area contributed by atoms with E-state index in [0.717, 1.165) is 25.7 Å². The van der Waals surface area contributed by atoms with Crippen LogP contribution in [0, 0.1) is 0 Å². The van der Waals surface area contributed by atoms with Gasteiger partial charge in [0.15, 0.2) is 0 Å². The van der Waals surface area contributed by atoms with E-state index in [2.05, 4.69) is 0 Å². The Morgan fingerprint density at radius 1 is 1.00 bits per heavy atom. The van der Waals surface area contributed by atoms with Crippen molar-refractivity contribution in [1.82, 2.24) is 0 Å². The van der Waals surface area contributed by atoms with Gasteiger partial charge in [0.05, 0.1) is 16.6 Å². The molecule has 12 heavy (non-hydrogen) atoms. The van der Waals surface area contributed by atoms with Crippen molar-refractivity contribution >= 4 is 19.7 Å². The number of fused-ring (bicyclic) bond motifs is 2. The Bertz CT molecular complexity index is 217. The molecule has 0 aromatic carbocycles. The van der Waals surface area contributed by atoms with Crippen LogP contribution in [0.4, 0.5) is 0 Å². The van der Waals surface area contributed by atoms with Crippen LogP contribution in [0.15, 0.2) is 0 Å². The minimum atomic E-state index is -1.29. The lowest BCUT2D eigenvalue weighted by Gasteiger charge is -2.10. The number of aliphatic hydroxyl groups excluding tert-OH is 1. The summed E-state index contributed by atoms with van der Waals surface area (Å²) in [7, 11) is -2.58. The largest absolute Gasteiger partial charge is 0.391 e. The van der Waals surface area contributed by atoms with E-state index in [-0.39, 0.29) is 10.5 Å². The average Bonchev–Trinajstić information content (AvgIpc) is 2.28. The lowest BCUT2D eigenvalue weighted by molar-refractivity contribution is 0.170. The first kappa shape index (κ1) is 8.84. The van der Waals surface area contributed by atoms with Crippen molar-refractivity contribution in [3.63, 3.8) is 0 Å². The summed E-state index contributed by atoms with van der Waals surface area (Å²) in [6, 6.07) is 0. The van der Waals surface area contributed by atoms with Gasteiger partial charge in [-0.05, 0) is 12.8 Å². The molecule has 2 bridgehead atoms. The lowest BCUT2D eigenvalue weighted by Crippen LogP contribution is -2.28. The van der Waals surface area contributed by atoms with Crippen LogP contribution in [-0.2, 0) is 19.7 Å². The minimum Gasteiger partial charge on any atom is -0.391 e. The van der Waals surface area contributed by atoms with E-state index >= 15 is 0 Å². The molecule has 3 unspecified atom stereocenters. The smallest absolute Gasteiger partial charge is 0.117 e. The first-order chi connectivity index (χ1) is 5.72. The van der Waals surface area contributed by atoms with Crippen LogP contribution >= 0.6 is 0 Å². The van der Waals surface area contributed by atoms with Gasteiger partial charge in [-0.15, -0.1) is 0 Å². The normalized spacial score (nSPS) is 53.6. The standard InChI is InChI=1S/C7H12O3S2/c8-7-5-3-1-2-4-6(7)12(10)11(5)9/h5-8H,1-4H2/t5-,6+,7?,11?,12?. The molecule has 0 aromatic rings. The second-order valence-corrected chi connectivity index (χ2v) is 7.60. The summed E-state index contributed by atoms with van der Waals surface area (Å²) in [6.07, 6.45) is 3.00. The lowest BCUT2D eigenvalue weighted by atomic mass is 10.1. The van der Waals surface area contributed by atoms with Gasteiger partial charge in [0.1, 0.15) is 19.7 Å². The topological polar surface area (TPSA) is 54.4 Å². The Labute approximate surface area is 75.9 Å². The predicted octanol–water partition coefficient (Wildman–Crippen LogP) is 0.0845. The molecule has 1 saturated heterocycles. The van der Waals surface area contributed by atoms with Gasteiger partial charge in [-0.25, -0.2) is 8.42 Å². The second kappa shape index (κ2) is 3.20. The maximum absolute atomic E-state index is 11.4. The molecule has 1 N–H and O–H groups in total. The molecule has 5 atom stereocenters. The summed E-state index contributed by atoms with van der Waals surface area (Å²) in [5.41, 5.74) is 0. The van der Waals surface area contributed by atoms with Crippen molar-refractivity contribution in [2.45, 2.75) is 42.3 Å². The molecule has 2 rings (SSSR count). The predicted molar refractivity (Wildman–Crippen MR) is 48.3 cm³/mol. The van der Waals surface area contributed by atoms with Crippen LogP contribution < -0.4 is 0 Å². The highest BCUT2D eigenvalue weighted by Crippen LogP contribution is 2.34. The summed E-state index contributed by atoms with van der Waals surface area (Å²) in [4.78, 5) is 0. The van der Waals surface area contributed by atoms with Crippen LogP contribution in [-0.4, -0.2) is 30.1 Å².